The molecular weight excluding hydrogens is 352 g/mol. The van der Waals surface area contributed by atoms with Crippen LogP contribution in [0, 0.1) is 24.2 Å². The fraction of sp³-hybridized carbons (Fsp3) is 0.348. The number of piperidine rings is 3. The molecule has 2 N–H and O–H groups in total. The number of hydrogen-bond acceptors (Lipinski definition) is 3. The van der Waals surface area contributed by atoms with Gasteiger partial charge in [0.15, 0.2) is 0 Å². The SMILES string of the molecule is C#C[C@H]1C[NH+]2CC[C@H]1C[C@@H]2COC(=O)Nc1ccc(Oc2ccccc2)cc1. The number of amides is 1. The molecule has 5 nitrogen and oxygen atoms in total. The summed E-state index contributed by atoms with van der Waals surface area (Å²) in [6.07, 6.45) is 7.44. The highest BCUT2D eigenvalue weighted by molar-refractivity contribution is 5.84. The van der Waals surface area contributed by atoms with E-state index in [0.29, 0.717) is 35.9 Å². The molecule has 2 aromatic carbocycles. The molecule has 3 aliphatic heterocycles. The van der Waals surface area contributed by atoms with Crippen LogP contribution >= 0.6 is 0 Å². The van der Waals surface area contributed by atoms with Crippen molar-refractivity contribution in [3.05, 3.63) is 54.6 Å². The third-order valence-electron chi connectivity index (χ3n) is 5.76. The number of terminal acetylenes is 1. The molecule has 4 atom stereocenters. The minimum atomic E-state index is -0.424. The largest absolute Gasteiger partial charge is 0.457 e. The van der Waals surface area contributed by atoms with Gasteiger partial charge in [0.25, 0.3) is 0 Å². The van der Waals surface area contributed by atoms with Gasteiger partial charge in [-0.15, -0.1) is 6.42 Å². The van der Waals surface area contributed by atoms with Gasteiger partial charge < -0.3 is 14.4 Å². The maximum Gasteiger partial charge on any atom is 0.411 e. The number of nitrogens with one attached hydrogen (secondary N) is 2. The number of fused-ring (bicyclic) bond motifs is 3. The number of para-hydroxylation sites is 1. The molecule has 3 fully saturated rings. The van der Waals surface area contributed by atoms with Gasteiger partial charge in [-0.3, -0.25) is 5.32 Å². The topological polar surface area (TPSA) is 52.0 Å². The highest BCUT2D eigenvalue weighted by Crippen LogP contribution is 2.26. The molecule has 1 amide bonds. The van der Waals surface area contributed by atoms with E-state index in [9.17, 15) is 4.79 Å². The third kappa shape index (κ3) is 4.29. The van der Waals surface area contributed by atoms with Gasteiger partial charge in [-0.05, 0) is 42.3 Å². The first-order valence-corrected chi connectivity index (χ1v) is 9.78. The van der Waals surface area contributed by atoms with Crippen LogP contribution in [-0.4, -0.2) is 31.8 Å². The van der Waals surface area contributed by atoms with E-state index >= 15 is 0 Å². The zero-order chi connectivity index (χ0) is 19.3. The first-order chi connectivity index (χ1) is 13.7. The van der Waals surface area contributed by atoms with Crippen LogP contribution in [0.4, 0.5) is 10.5 Å². The number of ether oxygens (including phenoxy) is 2. The summed E-state index contributed by atoms with van der Waals surface area (Å²) in [5.74, 6) is 5.37. The fourth-order valence-electron chi connectivity index (χ4n) is 4.25. The molecule has 2 bridgehead atoms. The molecule has 0 aromatic heterocycles. The van der Waals surface area contributed by atoms with E-state index in [1.807, 2.05) is 42.5 Å². The van der Waals surface area contributed by atoms with E-state index < -0.39 is 6.09 Å². The number of carbonyl (C=O) groups excluding carboxylic acids is 1. The van der Waals surface area contributed by atoms with Crippen molar-refractivity contribution >= 4 is 11.8 Å². The first kappa shape index (κ1) is 18.4. The van der Waals surface area contributed by atoms with Gasteiger partial charge in [0.05, 0.1) is 19.0 Å². The molecule has 1 unspecified atom stereocenters. The monoisotopic (exact) mass is 377 g/mol. The third-order valence-corrected chi connectivity index (χ3v) is 5.76. The summed E-state index contributed by atoms with van der Waals surface area (Å²) in [4.78, 5) is 13.6. The Labute approximate surface area is 165 Å². The lowest BCUT2D eigenvalue weighted by Gasteiger charge is -2.44. The lowest BCUT2D eigenvalue weighted by Crippen LogP contribution is -3.20. The average molecular weight is 377 g/mol. The second-order valence-electron chi connectivity index (χ2n) is 7.53. The first-order valence-electron chi connectivity index (χ1n) is 9.78. The Balaban J connectivity index is 1.25. The zero-order valence-electron chi connectivity index (χ0n) is 15.8. The molecule has 2 aromatic rings. The predicted octanol–water partition coefficient (Wildman–Crippen LogP) is 2.95. The van der Waals surface area contributed by atoms with Crippen molar-refractivity contribution in [1.82, 2.24) is 0 Å². The number of anilines is 1. The van der Waals surface area contributed by atoms with E-state index in [0.717, 1.165) is 25.3 Å². The predicted molar refractivity (Wildman–Crippen MR) is 107 cm³/mol. The van der Waals surface area contributed by atoms with E-state index in [2.05, 4.69) is 11.2 Å². The van der Waals surface area contributed by atoms with Crippen molar-refractivity contribution in [2.75, 3.05) is 25.0 Å². The van der Waals surface area contributed by atoms with Gasteiger partial charge in [-0.1, -0.05) is 24.1 Å². The van der Waals surface area contributed by atoms with E-state index in [1.165, 1.54) is 11.3 Å². The van der Waals surface area contributed by atoms with Gasteiger partial charge in [-0.25, -0.2) is 4.79 Å². The molecule has 3 saturated heterocycles. The number of benzene rings is 2. The molecule has 5 rings (SSSR count). The van der Waals surface area contributed by atoms with Gasteiger partial charge in [0, 0.05) is 18.5 Å². The van der Waals surface area contributed by atoms with Gasteiger partial charge >= 0.3 is 6.09 Å². The summed E-state index contributed by atoms with van der Waals surface area (Å²) in [5, 5.41) is 2.78. The molecule has 144 valence electrons. The van der Waals surface area contributed by atoms with Crippen LogP contribution < -0.4 is 15.0 Å². The van der Waals surface area contributed by atoms with Crippen molar-refractivity contribution in [2.45, 2.75) is 18.9 Å². The molecule has 0 saturated carbocycles. The Morgan fingerprint density at radius 1 is 1.14 bits per heavy atom. The lowest BCUT2D eigenvalue weighted by molar-refractivity contribution is -0.945. The molecule has 0 radical (unpaired) electrons. The van der Waals surface area contributed by atoms with Crippen molar-refractivity contribution in [3.63, 3.8) is 0 Å². The summed E-state index contributed by atoms with van der Waals surface area (Å²) >= 11 is 0. The highest BCUT2D eigenvalue weighted by atomic mass is 16.5. The molecule has 0 spiro atoms. The second-order valence-corrected chi connectivity index (χ2v) is 7.53. The van der Waals surface area contributed by atoms with Crippen LogP contribution in [-0.2, 0) is 4.74 Å². The summed E-state index contributed by atoms with van der Waals surface area (Å²) in [7, 11) is 0. The van der Waals surface area contributed by atoms with Gasteiger partial charge in [0.1, 0.15) is 24.1 Å². The lowest BCUT2D eigenvalue weighted by atomic mass is 9.76. The summed E-state index contributed by atoms with van der Waals surface area (Å²) in [6.45, 7) is 2.56. The average Bonchev–Trinajstić information content (AvgIpc) is 2.75. The summed E-state index contributed by atoms with van der Waals surface area (Å²) in [5.41, 5.74) is 0.677. The normalized spacial score (nSPS) is 25.5. The van der Waals surface area contributed by atoms with Crippen LogP contribution in [0.25, 0.3) is 0 Å². The Bertz CT molecular complexity index is 844. The quantitative estimate of drug-likeness (QED) is 0.788. The van der Waals surface area contributed by atoms with Crippen molar-refractivity contribution in [1.29, 1.82) is 0 Å². The Morgan fingerprint density at radius 2 is 1.89 bits per heavy atom. The number of quaternary nitrogens is 1. The zero-order valence-corrected chi connectivity index (χ0v) is 15.8. The molecule has 28 heavy (non-hydrogen) atoms. The minimum Gasteiger partial charge on any atom is -0.457 e. The van der Waals surface area contributed by atoms with Crippen molar-refractivity contribution in [2.24, 2.45) is 11.8 Å². The second kappa shape index (κ2) is 8.37. The molecule has 0 aliphatic carbocycles. The van der Waals surface area contributed by atoms with Crippen molar-refractivity contribution < 1.29 is 19.2 Å². The summed E-state index contributed by atoms with van der Waals surface area (Å²) in [6, 6.07) is 17.2. The smallest absolute Gasteiger partial charge is 0.411 e. The van der Waals surface area contributed by atoms with E-state index in [1.54, 1.807) is 12.1 Å². The molecule has 3 heterocycles. The Morgan fingerprint density at radius 3 is 2.57 bits per heavy atom. The van der Waals surface area contributed by atoms with Gasteiger partial charge in [0.2, 0.25) is 0 Å². The van der Waals surface area contributed by atoms with Crippen LogP contribution in [0.5, 0.6) is 11.5 Å². The maximum atomic E-state index is 12.2. The number of hydrogen-bond donors (Lipinski definition) is 2. The van der Waals surface area contributed by atoms with E-state index in [-0.39, 0.29) is 0 Å². The van der Waals surface area contributed by atoms with Gasteiger partial charge in [-0.2, -0.15) is 0 Å². The Kier molecular flexibility index (Phi) is 5.50. The highest BCUT2D eigenvalue weighted by Gasteiger charge is 2.43. The standard InChI is InChI=1S/C23H24N2O3/c1-2-17-15-25-13-12-18(17)14-20(25)16-27-23(26)24-19-8-10-22(11-9-19)28-21-6-4-3-5-7-21/h1,3-11,17-18,20H,12-16H2,(H,24,26)/p+1/t17-,18-,20+/m0/s1. The maximum absolute atomic E-state index is 12.2. The fourth-order valence-corrected chi connectivity index (χ4v) is 4.25. The Hall–Kier alpha value is -2.97. The van der Waals surface area contributed by atoms with Crippen LogP contribution in [0.15, 0.2) is 54.6 Å². The van der Waals surface area contributed by atoms with Crippen molar-refractivity contribution in [3.8, 4) is 23.8 Å². The summed E-state index contributed by atoms with van der Waals surface area (Å²) < 4.78 is 11.2. The number of rotatable bonds is 5. The van der Waals surface area contributed by atoms with Crippen LogP contribution in [0.2, 0.25) is 0 Å². The van der Waals surface area contributed by atoms with Crippen LogP contribution in [0.1, 0.15) is 12.8 Å². The van der Waals surface area contributed by atoms with E-state index in [4.69, 9.17) is 15.9 Å². The van der Waals surface area contributed by atoms with Crippen LogP contribution in [0.3, 0.4) is 0 Å². The molecule has 3 aliphatic rings. The molecule has 5 heteroatoms. The minimum absolute atomic E-state index is 0.357. The molecular formula is C23H25N2O3+. The number of carbonyl (C=O) groups is 1.